The van der Waals surface area contributed by atoms with E-state index in [1.54, 1.807) is 19.4 Å². The molecule has 0 spiro atoms. The highest BCUT2D eigenvalue weighted by atomic mass is 16.7. The molecule has 0 aromatic carbocycles. The Hall–Kier alpha value is -1.73. The normalized spacial score (nSPS) is 10.2. The quantitative estimate of drug-likeness (QED) is 0.513. The second-order valence-corrected chi connectivity index (χ2v) is 3.28. The first-order valence-electron chi connectivity index (χ1n) is 4.75. The average molecular weight is 226 g/mol. The van der Waals surface area contributed by atoms with Crippen molar-refractivity contribution in [2.45, 2.75) is 26.8 Å². The van der Waals surface area contributed by atoms with Crippen molar-refractivity contribution in [3.63, 3.8) is 0 Å². The molecule has 0 aliphatic rings. The van der Waals surface area contributed by atoms with Gasteiger partial charge < -0.3 is 4.84 Å². The molecule has 88 valence electrons. The van der Waals surface area contributed by atoms with E-state index in [0.717, 1.165) is 0 Å². The van der Waals surface area contributed by atoms with Crippen molar-refractivity contribution >= 4 is 5.97 Å². The summed E-state index contributed by atoms with van der Waals surface area (Å²) in [5, 5.41) is 0. The monoisotopic (exact) mass is 226 g/mol. The van der Waals surface area contributed by atoms with Crippen LogP contribution in [0.4, 0.5) is 0 Å². The Morgan fingerprint density at radius 1 is 1.62 bits per heavy atom. The van der Waals surface area contributed by atoms with E-state index < -0.39 is 5.97 Å². The van der Waals surface area contributed by atoms with Crippen LogP contribution in [0, 0.1) is 13.8 Å². The predicted molar refractivity (Wildman–Crippen MR) is 56.0 cm³/mol. The largest absolute Gasteiger partial charge is 0.356 e. The lowest BCUT2D eigenvalue weighted by atomic mass is 10.3. The van der Waals surface area contributed by atoms with E-state index in [1.165, 1.54) is 10.6 Å². The van der Waals surface area contributed by atoms with Gasteiger partial charge in [-0.25, -0.2) is 10.8 Å². The number of hydrogen-bond donors (Lipinski definition) is 2. The van der Waals surface area contributed by atoms with Gasteiger partial charge in [-0.15, -0.1) is 0 Å². The van der Waals surface area contributed by atoms with E-state index in [1.807, 2.05) is 0 Å². The minimum Gasteiger partial charge on any atom is -0.356 e. The molecule has 0 unspecified atom stereocenters. The van der Waals surface area contributed by atoms with Crippen LogP contribution in [0.1, 0.15) is 17.9 Å². The molecule has 7 nitrogen and oxygen atoms in total. The Labute approximate surface area is 92.2 Å². The predicted octanol–water partition coefficient (Wildman–Crippen LogP) is -0.828. The summed E-state index contributed by atoms with van der Waals surface area (Å²) in [5.41, 5.74) is 2.26. The van der Waals surface area contributed by atoms with Gasteiger partial charge in [0.2, 0.25) is 0 Å². The summed E-state index contributed by atoms with van der Waals surface area (Å²) in [6, 6.07) is 1.42. The maximum absolute atomic E-state index is 11.6. The zero-order valence-corrected chi connectivity index (χ0v) is 9.19. The number of aromatic nitrogens is 2. The van der Waals surface area contributed by atoms with Gasteiger partial charge in [0, 0.05) is 18.3 Å². The molecule has 3 N–H and O–H groups in total. The molecule has 1 rings (SSSR count). The lowest BCUT2D eigenvalue weighted by molar-refractivity contribution is -0.151. The number of carbonyl (C=O) groups excluding carboxylic acids is 1. The zero-order valence-electron chi connectivity index (χ0n) is 9.19. The Kier molecular flexibility index (Phi) is 4.15. The fourth-order valence-electron chi connectivity index (χ4n) is 1.36. The fourth-order valence-corrected chi connectivity index (χ4v) is 1.36. The highest BCUT2D eigenvalue weighted by Crippen LogP contribution is 1.96. The highest BCUT2D eigenvalue weighted by molar-refractivity contribution is 5.68. The van der Waals surface area contributed by atoms with Gasteiger partial charge in [-0.3, -0.25) is 14.2 Å². The van der Waals surface area contributed by atoms with Gasteiger partial charge >= 0.3 is 5.97 Å². The van der Waals surface area contributed by atoms with Crippen molar-refractivity contribution in [2.75, 3.05) is 0 Å². The first kappa shape index (κ1) is 12.3. The van der Waals surface area contributed by atoms with Gasteiger partial charge in [-0.05, 0) is 13.8 Å². The lowest BCUT2D eigenvalue weighted by Crippen LogP contribution is -2.29. The number of rotatable bonds is 4. The van der Waals surface area contributed by atoms with Crippen LogP contribution in [0.5, 0.6) is 0 Å². The summed E-state index contributed by atoms with van der Waals surface area (Å²) in [7, 11) is 0. The molecule has 0 bridgehead atoms. The van der Waals surface area contributed by atoms with Crippen LogP contribution in [0.25, 0.3) is 0 Å². The summed E-state index contributed by atoms with van der Waals surface area (Å²) in [6.45, 7) is 3.67. The van der Waals surface area contributed by atoms with Crippen molar-refractivity contribution in [3.8, 4) is 0 Å². The molecule has 1 aromatic rings. The van der Waals surface area contributed by atoms with Crippen molar-refractivity contribution in [3.05, 3.63) is 27.9 Å². The molecule has 1 aromatic heterocycles. The van der Waals surface area contributed by atoms with Crippen molar-refractivity contribution in [1.29, 1.82) is 0 Å². The molecule has 0 fully saturated rings. The van der Waals surface area contributed by atoms with Crippen LogP contribution in [-0.4, -0.2) is 15.5 Å². The standard InChI is InChI=1S/C9H14N4O3/c1-6-5-8(14)13(7(2)11-6)4-3-9(15)16-12-10/h5,12H,3-4,10H2,1-2H3. The van der Waals surface area contributed by atoms with E-state index in [4.69, 9.17) is 5.84 Å². The van der Waals surface area contributed by atoms with Gasteiger partial charge in [0.1, 0.15) is 5.82 Å². The van der Waals surface area contributed by atoms with Gasteiger partial charge in [0.05, 0.1) is 6.42 Å². The van der Waals surface area contributed by atoms with Crippen LogP contribution >= 0.6 is 0 Å². The Morgan fingerprint density at radius 2 is 2.31 bits per heavy atom. The summed E-state index contributed by atoms with van der Waals surface area (Å²) in [4.78, 5) is 31.0. The molecular weight excluding hydrogens is 212 g/mol. The molecule has 1 heterocycles. The zero-order chi connectivity index (χ0) is 12.1. The van der Waals surface area contributed by atoms with E-state index in [0.29, 0.717) is 11.5 Å². The molecule has 0 radical (unpaired) electrons. The van der Waals surface area contributed by atoms with Crippen LogP contribution < -0.4 is 17.0 Å². The summed E-state index contributed by atoms with van der Waals surface area (Å²) < 4.78 is 1.41. The topological polar surface area (TPSA) is 99.2 Å². The number of nitrogens with zero attached hydrogens (tertiary/aromatic N) is 2. The Balaban J connectivity index is 2.75. The SMILES string of the molecule is Cc1cc(=O)n(CCC(=O)ONN)c(C)n1. The number of aryl methyl sites for hydroxylation is 2. The highest BCUT2D eigenvalue weighted by Gasteiger charge is 2.07. The second kappa shape index (κ2) is 5.38. The Bertz CT molecular complexity index is 441. The van der Waals surface area contributed by atoms with Crippen LogP contribution in [0.15, 0.2) is 10.9 Å². The Morgan fingerprint density at radius 3 is 2.88 bits per heavy atom. The minimum absolute atomic E-state index is 0.0513. The molecular formula is C9H14N4O3. The molecule has 0 saturated carbocycles. The van der Waals surface area contributed by atoms with E-state index in [2.05, 4.69) is 9.82 Å². The number of hydrogen-bond acceptors (Lipinski definition) is 6. The number of nitrogens with two attached hydrogens (primary N) is 1. The molecule has 0 amide bonds. The molecule has 7 heteroatoms. The third-order valence-corrected chi connectivity index (χ3v) is 2.04. The maximum atomic E-state index is 11.6. The van der Waals surface area contributed by atoms with Gasteiger partial charge in [0.25, 0.3) is 5.56 Å². The van der Waals surface area contributed by atoms with Gasteiger partial charge in [-0.1, -0.05) is 5.59 Å². The molecule has 0 aliphatic heterocycles. The second-order valence-electron chi connectivity index (χ2n) is 3.28. The summed E-state index contributed by atoms with van der Waals surface area (Å²) >= 11 is 0. The summed E-state index contributed by atoms with van der Waals surface area (Å²) in [5.74, 6) is 4.84. The average Bonchev–Trinajstić information content (AvgIpc) is 2.16. The fraction of sp³-hybridized carbons (Fsp3) is 0.444. The molecule has 0 aliphatic carbocycles. The van der Waals surface area contributed by atoms with E-state index in [-0.39, 0.29) is 18.5 Å². The first-order chi connectivity index (χ1) is 7.54. The summed E-state index contributed by atoms with van der Waals surface area (Å²) in [6.07, 6.45) is 0.0513. The molecule has 0 saturated heterocycles. The maximum Gasteiger partial charge on any atom is 0.328 e. The molecule has 16 heavy (non-hydrogen) atoms. The van der Waals surface area contributed by atoms with Crippen LogP contribution in [-0.2, 0) is 16.2 Å². The van der Waals surface area contributed by atoms with Crippen molar-refractivity contribution in [1.82, 2.24) is 15.1 Å². The number of nitrogens with one attached hydrogen (secondary N) is 1. The first-order valence-corrected chi connectivity index (χ1v) is 4.75. The minimum atomic E-state index is -0.533. The van der Waals surface area contributed by atoms with Crippen LogP contribution in [0.2, 0.25) is 0 Å². The van der Waals surface area contributed by atoms with E-state index >= 15 is 0 Å². The van der Waals surface area contributed by atoms with Gasteiger partial charge in [-0.2, -0.15) is 0 Å². The number of hydrazine groups is 1. The van der Waals surface area contributed by atoms with Crippen molar-refractivity contribution in [2.24, 2.45) is 5.84 Å². The third-order valence-electron chi connectivity index (χ3n) is 2.04. The number of carbonyl (C=O) groups is 1. The third kappa shape index (κ3) is 3.14. The smallest absolute Gasteiger partial charge is 0.328 e. The van der Waals surface area contributed by atoms with E-state index in [9.17, 15) is 9.59 Å². The van der Waals surface area contributed by atoms with Crippen molar-refractivity contribution < 1.29 is 9.63 Å². The molecule has 0 atom stereocenters. The lowest BCUT2D eigenvalue weighted by Gasteiger charge is -2.08. The van der Waals surface area contributed by atoms with Crippen LogP contribution in [0.3, 0.4) is 0 Å². The van der Waals surface area contributed by atoms with Gasteiger partial charge in [0.15, 0.2) is 0 Å².